The van der Waals surface area contributed by atoms with Crippen molar-refractivity contribution in [1.29, 1.82) is 0 Å². The average molecular weight is 540 g/mol. The first-order chi connectivity index (χ1) is 16.6. The number of likely N-dealkylation sites (N-methyl/N-ethyl adjacent to an activating group) is 1. The molecule has 0 radical (unpaired) electrons. The molecule has 3 rings (SSSR count). The average Bonchev–Trinajstić information content (AvgIpc) is 2.86. The van der Waals surface area contributed by atoms with Crippen molar-refractivity contribution in [2.75, 3.05) is 12.3 Å². The van der Waals surface area contributed by atoms with E-state index in [0.29, 0.717) is 31.7 Å². The van der Waals surface area contributed by atoms with E-state index in [1.54, 1.807) is 16.7 Å². The third-order valence-electron chi connectivity index (χ3n) is 5.46. The number of rotatable bonds is 12. The van der Waals surface area contributed by atoms with Gasteiger partial charge in [0.25, 0.3) is 0 Å². The van der Waals surface area contributed by atoms with Gasteiger partial charge in [0, 0.05) is 41.9 Å². The first kappa shape index (κ1) is 26.0. The van der Waals surface area contributed by atoms with Crippen LogP contribution in [0.5, 0.6) is 0 Å². The lowest BCUT2D eigenvalue weighted by molar-refractivity contribution is -0.140. The number of carbonyl (C=O) groups excluding carboxylic acids is 2. The molecule has 4 nitrogen and oxygen atoms in total. The second kappa shape index (κ2) is 14.0. The number of amides is 2. The summed E-state index contributed by atoms with van der Waals surface area (Å²) < 4.78 is 0.982. The van der Waals surface area contributed by atoms with Gasteiger partial charge in [0.1, 0.15) is 6.04 Å². The van der Waals surface area contributed by atoms with Gasteiger partial charge >= 0.3 is 0 Å². The van der Waals surface area contributed by atoms with E-state index in [4.69, 9.17) is 0 Å². The zero-order valence-electron chi connectivity index (χ0n) is 19.5. The van der Waals surface area contributed by atoms with E-state index in [0.717, 1.165) is 21.4 Å². The molecule has 3 aromatic carbocycles. The topological polar surface area (TPSA) is 49.4 Å². The van der Waals surface area contributed by atoms with E-state index < -0.39 is 6.04 Å². The summed E-state index contributed by atoms with van der Waals surface area (Å²) in [6, 6.07) is 27.5. The number of hydrogen-bond acceptors (Lipinski definition) is 3. The van der Waals surface area contributed by atoms with Crippen molar-refractivity contribution in [2.24, 2.45) is 0 Å². The predicted octanol–water partition coefficient (Wildman–Crippen LogP) is 5.85. The fourth-order valence-corrected chi connectivity index (χ4v) is 4.86. The van der Waals surface area contributed by atoms with Crippen LogP contribution in [0.3, 0.4) is 0 Å². The van der Waals surface area contributed by atoms with Crippen LogP contribution in [0.25, 0.3) is 0 Å². The number of nitrogens with one attached hydrogen (secondary N) is 1. The van der Waals surface area contributed by atoms with Crippen LogP contribution in [0.2, 0.25) is 0 Å². The maximum Gasteiger partial charge on any atom is 0.243 e. The first-order valence-electron chi connectivity index (χ1n) is 11.5. The van der Waals surface area contributed by atoms with E-state index in [2.05, 4.69) is 33.4 Å². The molecule has 0 fully saturated rings. The first-order valence-corrected chi connectivity index (χ1v) is 13.5. The molecule has 0 aliphatic rings. The third-order valence-corrected chi connectivity index (χ3v) is 7.02. The van der Waals surface area contributed by atoms with Gasteiger partial charge in [0.2, 0.25) is 11.8 Å². The summed E-state index contributed by atoms with van der Waals surface area (Å²) in [5.74, 6) is 1.45. The highest BCUT2D eigenvalue weighted by atomic mass is 79.9. The minimum atomic E-state index is -0.572. The minimum Gasteiger partial charge on any atom is -0.355 e. The van der Waals surface area contributed by atoms with E-state index in [1.165, 1.54) is 5.56 Å². The van der Waals surface area contributed by atoms with Crippen LogP contribution in [0.4, 0.5) is 0 Å². The van der Waals surface area contributed by atoms with Gasteiger partial charge < -0.3 is 10.2 Å². The van der Waals surface area contributed by atoms with Crippen LogP contribution < -0.4 is 5.32 Å². The molecule has 2 amide bonds. The summed E-state index contributed by atoms with van der Waals surface area (Å²) >= 11 is 5.21. The molecule has 34 heavy (non-hydrogen) atoms. The molecule has 3 aromatic rings. The van der Waals surface area contributed by atoms with Gasteiger partial charge in [-0.2, -0.15) is 11.8 Å². The monoisotopic (exact) mass is 538 g/mol. The highest BCUT2D eigenvalue weighted by molar-refractivity contribution is 9.10. The molecule has 178 valence electrons. The largest absolute Gasteiger partial charge is 0.355 e. The molecule has 1 N–H and O–H groups in total. The number of carbonyl (C=O) groups is 2. The van der Waals surface area contributed by atoms with Crippen LogP contribution >= 0.6 is 27.7 Å². The number of benzene rings is 3. The van der Waals surface area contributed by atoms with Crippen LogP contribution in [-0.2, 0) is 28.3 Å². The van der Waals surface area contributed by atoms with Gasteiger partial charge in [-0.25, -0.2) is 0 Å². The van der Waals surface area contributed by atoms with Crippen molar-refractivity contribution >= 4 is 39.5 Å². The lowest BCUT2D eigenvalue weighted by Gasteiger charge is -2.31. The Hall–Kier alpha value is -2.57. The molecule has 0 unspecified atom stereocenters. The molecule has 1 atom stereocenters. The van der Waals surface area contributed by atoms with Crippen molar-refractivity contribution in [3.05, 3.63) is 106 Å². The Morgan fingerprint density at radius 3 is 2.12 bits per heavy atom. The maximum atomic E-state index is 13.5. The SMILES string of the molecule is CCNC(=O)[C@@H](Cc1ccccc1)N(Cc1ccc(Br)cc1)C(=O)CCSCc1ccccc1. The number of thioether (sulfide) groups is 1. The van der Waals surface area contributed by atoms with Crippen LogP contribution in [0.1, 0.15) is 30.0 Å². The van der Waals surface area contributed by atoms with Crippen molar-refractivity contribution in [2.45, 2.75) is 38.1 Å². The fraction of sp³-hybridized carbons (Fsp3) is 0.286. The number of hydrogen-bond donors (Lipinski definition) is 1. The van der Waals surface area contributed by atoms with Crippen molar-refractivity contribution in [1.82, 2.24) is 10.2 Å². The molecular formula is C28H31BrN2O2S. The molecule has 0 aliphatic heterocycles. The Labute approximate surface area is 215 Å². The van der Waals surface area contributed by atoms with Gasteiger partial charge in [0.05, 0.1) is 0 Å². The fourth-order valence-electron chi connectivity index (χ4n) is 3.70. The minimum absolute atomic E-state index is 0.00401. The molecule has 6 heteroatoms. The standard InChI is InChI=1S/C28H31BrN2O2S/c1-2-30-28(33)26(19-22-9-5-3-6-10-22)31(20-23-13-15-25(29)16-14-23)27(32)17-18-34-21-24-11-7-4-8-12-24/h3-16,26H,2,17-21H2,1H3,(H,30,33)/t26-/m1/s1. The second-order valence-corrected chi connectivity index (χ2v) is 10.1. The van der Waals surface area contributed by atoms with Crippen molar-refractivity contribution < 1.29 is 9.59 Å². The van der Waals surface area contributed by atoms with Gasteiger partial charge in [0.15, 0.2) is 0 Å². The van der Waals surface area contributed by atoms with Gasteiger partial charge in [-0.15, -0.1) is 0 Å². The lowest BCUT2D eigenvalue weighted by atomic mass is 10.0. The van der Waals surface area contributed by atoms with Crippen LogP contribution in [-0.4, -0.2) is 35.1 Å². The molecule has 0 heterocycles. The third kappa shape index (κ3) is 8.33. The Kier molecular flexibility index (Phi) is 10.7. The highest BCUT2D eigenvalue weighted by Gasteiger charge is 2.29. The Morgan fingerprint density at radius 2 is 1.50 bits per heavy atom. The quantitative estimate of drug-likeness (QED) is 0.294. The molecule has 0 spiro atoms. The second-order valence-electron chi connectivity index (χ2n) is 8.04. The molecular weight excluding hydrogens is 508 g/mol. The van der Waals surface area contributed by atoms with Crippen molar-refractivity contribution in [3.8, 4) is 0 Å². The summed E-state index contributed by atoms with van der Waals surface area (Å²) in [6.07, 6.45) is 0.866. The Bertz CT molecular complexity index is 1030. The van der Waals surface area contributed by atoms with E-state index >= 15 is 0 Å². The summed E-state index contributed by atoms with van der Waals surface area (Å²) in [4.78, 5) is 28.4. The highest BCUT2D eigenvalue weighted by Crippen LogP contribution is 2.19. The maximum absolute atomic E-state index is 13.5. The molecule has 0 aromatic heterocycles. The smallest absolute Gasteiger partial charge is 0.243 e. The van der Waals surface area contributed by atoms with E-state index in [-0.39, 0.29) is 11.8 Å². The summed E-state index contributed by atoms with van der Waals surface area (Å²) in [5, 5.41) is 2.94. The number of halogens is 1. The molecule has 0 bridgehead atoms. The van der Waals surface area contributed by atoms with E-state index in [1.807, 2.05) is 79.7 Å². The van der Waals surface area contributed by atoms with Crippen LogP contribution in [0.15, 0.2) is 89.4 Å². The summed E-state index contributed by atoms with van der Waals surface area (Å²) in [7, 11) is 0. The van der Waals surface area contributed by atoms with Crippen molar-refractivity contribution in [3.63, 3.8) is 0 Å². The molecule has 0 saturated heterocycles. The lowest BCUT2D eigenvalue weighted by Crippen LogP contribution is -2.50. The van der Waals surface area contributed by atoms with Gasteiger partial charge in [-0.1, -0.05) is 88.7 Å². The Morgan fingerprint density at radius 1 is 0.882 bits per heavy atom. The molecule has 0 saturated carbocycles. The number of nitrogens with zero attached hydrogens (tertiary/aromatic N) is 1. The Balaban J connectivity index is 1.76. The normalized spacial score (nSPS) is 11.6. The predicted molar refractivity (Wildman–Crippen MR) is 145 cm³/mol. The van der Waals surface area contributed by atoms with Crippen LogP contribution in [0, 0.1) is 0 Å². The van der Waals surface area contributed by atoms with E-state index in [9.17, 15) is 9.59 Å². The zero-order valence-corrected chi connectivity index (χ0v) is 21.9. The molecule has 0 aliphatic carbocycles. The zero-order chi connectivity index (χ0) is 24.2. The van der Waals surface area contributed by atoms with Gasteiger partial charge in [-0.3, -0.25) is 9.59 Å². The summed E-state index contributed by atoms with van der Waals surface area (Å²) in [5.41, 5.74) is 3.28. The van der Waals surface area contributed by atoms with Gasteiger partial charge in [-0.05, 0) is 35.7 Å². The summed E-state index contributed by atoms with van der Waals surface area (Å²) in [6.45, 7) is 2.82.